The van der Waals surface area contributed by atoms with Crippen molar-refractivity contribution in [3.05, 3.63) is 108 Å². The fraction of sp³-hybridized carbons (Fsp3) is 0.303. The van der Waals surface area contributed by atoms with Gasteiger partial charge >= 0.3 is 12.1 Å². The van der Waals surface area contributed by atoms with E-state index in [9.17, 15) is 19.5 Å². The molecule has 3 atom stereocenters. The second-order valence-corrected chi connectivity index (χ2v) is 10.8. The zero-order valence-electron chi connectivity index (χ0n) is 23.0. The Hall–Kier alpha value is -4.43. The molecular weight excluding hydrogens is 518 g/mol. The number of carbonyl (C=O) groups excluding carboxylic acids is 2. The highest BCUT2D eigenvalue weighted by molar-refractivity contribution is 5.85. The first kappa shape index (κ1) is 28.1. The molecule has 212 valence electrons. The van der Waals surface area contributed by atoms with Crippen LogP contribution in [0.5, 0.6) is 0 Å². The van der Waals surface area contributed by atoms with Crippen molar-refractivity contribution in [2.75, 3.05) is 20.2 Å². The van der Waals surface area contributed by atoms with E-state index in [0.29, 0.717) is 19.4 Å². The van der Waals surface area contributed by atoms with E-state index in [1.165, 1.54) is 0 Å². The molecule has 0 saturated carbocycles. The van der Waals surface area contributed by atoms with Crippen molar-refractivity contribution in [1.29, 1.82) is 0 Å². The third-order valence-corrected chi connectivity index (χ3v) is 7.75. The Balaban J connectivity index is 1.12. The maximum atomic E-state index is 13.0. The standard InChI is InChI=1S/C33H35N3O5/c1-36(19-22-10-3-2-4-11-22)20-30(32(38)39)35-31(37)23-12-9-13-24(18-23)34-33(40)41-21-29-27-16-7-5-14-25(27)26-15-6-8-17-28(26)29/h2-11,13-17,23-24,29-30H,12,18-21H2,1H3,(H,34,40)(H,35,37)(H,38,39)/t23-,24-,30?/m1/s1. The number of nitrogens with zero attached hydrogens (tertiary/aromatic N) is 1. The zero-order chi connectivity index (χ0) is 28.8. The molecule has 2 aliphatic carbocycles. The molecule has 5 rings (SSSR count). The van der Waals surface area contributed by atoms with E-state index in [4.69, 9.17) is 4.74 Å². The molecule has 3 N–H and O–H groups in total. The number of hydrogen-bond acceptors (Lipinski definition) is 5. The molecule has 0 bridgehead atoms. The topological polar surface area (TPSA) is 108 Å². The molecule has 3 aromatic rings. The summed E-state index contributed by atoms with van der Waals surface area (Å²) in [6, 6.07) is 24.6. The van der Waals surface area contributed by atoms with Crippen molar-refractivity contribution >= 4 is 18.0 Å². The lowest BCUT2D eigenvalue weighted by Crippen LogP contribution is -2.50. The Bertz CT molecular complexity index is 1380. The minimum atomic E-state index is -1.09. The van der Waals surface area contributed by atoms with Crippen molar-refractivity contribution in [2.45, 2.75) is 37.4 Å². The number of benzene rings is 3. The van der Waals surface area contributed by atoms with Crippen LogP contribution in [-0.2, 0) is 20.9 Å². The molecule has 0 radical (unpaired) electrons. The molecule has 2 aliphatic rings. The van der Waals surface area contributed by atoms with Gasteiger partial charge in [0.15, 0.2) is 0 Å². The van der Waals surface area contributed by atoms with Crippen LogP contribution in [0, 0.1) is 5.92 Å². The minimum absolute atomic E-state index is 0.0402. The smallest absolute Gasteiger partial charge is 0.407 e. The zero-order valence-corrected chi connectivity index (χ0v) is 23.0. The predicted molar refractivity (Wildman–Crippen MR) is 156 cm³/mol. The first-order chi connectivity index (χ1) is 19.9. The van der Waals surface area contributed by atoms with E-state index in [0.717, 1.165) is 27.8 Å². The van der Waals surface area contributed by atoms with Crippen LogP contribution >= 0.6 is 0 Å². The highest BCUT2D eigenvalue weighted by atomic mass is 16.5. The van der Waals surface area contributed by atoms with Gasteiger partial charge in [0, 0.05) is 24.9 Å². The van der Waals surface area contributed by atoms with Crippen LogP contribution < -0.4 is 10.6 Å². The summed E-state index contributed by atoms with van der Waals surface area (Å²) in [4.78, 5) is 39.6. The molecule has 8 heteroatoms. The maximum Gasteiger partial charge on any atom is 0.407 e. The number of aliphatic carboxylic acids is 1. The van der Waals surface area contributed by atoms with E-state index in [-0.39, 0.29) is 31.0 Å². The molecule has 8 nitrogen and oxygen atoms in total. The summed E-state index contributed by atoms with van der Waals surface area (Å²) in [5.74, 6) is -1.92. The summed E-state index contributed by atoms with van der Waals surface area (Å²) >= 11 is 0. The quantitative estimate of drug-likeness (QED) is 0.318. The number of amides is 2. The lowest BCUT2D eigenvalue weighted by atomic mass is 9.90. The number of fused-ring (bicyclic) bond motifs is 3. The van der Waals surface area contributed by atoms with Crippen LogP contribution in [0.2, 0.25) is 0 Å². The van der Waals surface area contributed by atoms with Crippen LogP contribution in [0.15, 0.2) is 91.0 Å². The van der Waals surface area contributed by atoms with Crippen molar-refractivity contribution < 1.29 is 24.2 Å². The summed E-state index contributed by atoms with van der Waals surface area (Å²) < 4.78 is 5.66. The second kappa shape index (κ2) is 12.8. The summed E-state index contributed by atoms with van der Waals surface area (Å²) in [6.45, 7) is 0.940. The predicted octanol–water partition coefficient (Wildman–Crippen LogP) is 4.56. The summed E-state index contributed by atoms with van der Waals surface area (Å²) in [5.41, 5.74) is 5.65. The monoisotopic (exact) mass is 553 g/mol. The molecule has 3 aromatic carbocycles. The number of carboxylic acid groups (broad SMARTS) is 1. The van der Waals surface area contributed by atoms with E-state index in [1.807, 2.05) is 78.7 Å². The summed E-state index contributed by atoms with van der Waals surface area (Å²) in [5, 5.41) is 15.3. The Morgan fingerprint density at radius 2 is 1.59 bits per heavy atom. The third kappa shape index (κ3) is 6.84. The van der Waals surface area contributed by atoms with Crippen molar-refractivity contribution in [1.82, 2.24) is 15.5 Å². The van der Waals surface area contributed by atoms with Gasteiger partial charge in [0.25, 0.3) is 0 Å². The molecule has 0 aromatic heterocycles. The third-order valence-electron chi connectivity index (χ3n) is 7.75. The van der Waals surface area contributed by atoms with E-state index >= 15 is 0 Å². The molecule has 1 unspecified atom stereocenters. The number of carbonyl (C=O) groups is 3. The van der Waals surface area contributed by atoms with E-state index < -0.39 is 24.0 Å². The van der Waals surface area contributed by atoms with Gasteiger partial charge in [-0.25, -0.2) is 9.59 Å². The molecule has 0 aliphatic heterocycles. The van der Waals surface area contributed by atoms with Gasteiger partial charge in [0.2, 0.25) is 5.91 Å². The van der Waals surface area contributed by atoms with Crippen LogP contribution in [0.4, 0.5) is 4.79 Å². The number of hydrogen-bond donors (Lipinski definition) is 3. The van der Waals surface area contributed by atoms with Crippen LogP contribution in [0.1, 0.15) is 35.4 Å². The van der Waals surface area contributed by atoms with Crippen LogP contribution in [0.25, 0.3) is 11.1 Å². The number of allylic oxidation sites excluding steroid dienone is 1. The van der Waals surface area contributed by atoms with Gasteiger partial charge in [-0.05, 0) is 47.7 Å². The van der Waals surface area contributed by atoms with Gasteiger partial charge in [-0.15, -0.1) is 0 Å². The molecule has 0 saturated heterocycles. The Morgan fingerprint density at radius 1 is 0.951 bits per heavy atom. The number of nitrogens with one attached hydrogen (secondary N) is 2. The van der Waals surface area contributed by atoms with Gasteiger partial charge in [-0.2, -0.15) is 0 Å². The van der Waals surface area contributed by atoms with Crippen LogP contribution in [0.3, 0.4) is 0 Å². The van der Waals surface area contributed by atoms with Crippen molar-refractivity contribution in [2.24, 2.45) is 5.92 Å². The van der Waals surface area contributed by atoms with Crippen LogP contribution in [-0.4, -0.2) is 60.3 Å². The highest BCUT2D eigenvalue weighted by Gasteiger charge is 2.31. The SMILES string of the molecule is CN(Cc1ccccc1)CC(NC(=O)[C@@H]1CC=C[C@@H](NC(=O)OCC2c3ccccc3-c3ccccc32)C1)C(=O)O. The number of ether oxygens (including phenoxy) is 1. The minimum Gasteiger partial charge on any atom is -0.480 e. The molecule has 41 heavy (non-hydrogen) atoms. The Morgan fingerprint density at radius 3 is 2.24 bits per heavy atom. The van der Waals surface area contributed by atoms with E-state index in [2.05, 4.69) is 34.9 Å². The molecule has 2 amide bonds. The number of alkyl carbamates (subject to hydrolysis) is 1. The van der Waals surface area contributed by atoms with Gasteiger partial charge in [0.1, 0.15) is 12.6 Å². The molecule has 0 fully saturated rings. The first-order valence-corrected chi connectivity index (χ1v) is 13.9. The average Bonchev–Trinajstić information content (AvgIpc) is 3.30. The average molecular weight is 554 g/mol. The van der Waals surface area contributed by atoms with Gasteiger partial charge < -0.3 is 20.5 Å². The van der Waals surface area contributed by atoms with Gasteiger partial charge in [-0.3, -0.25) is 9.69 Å². The Kier molecular flexibility index (Phi) is 8.79. The van der Waals surface area contributed by atoms with Crippen molar-refractivity contribution in [3.8, 4) is 11.1 Å². The lowest BCUT2D eigenvalue weighted by Gasteiger charge is -2.27. The maximum absolute atomic E-state index is 13.0. The Labute approximate surface area is 240 Å². The fourth-order valence-electron chi connectivity index (χ4n) is 5.75. The largest absolute Gasteiger partial charge is 0.480 e. The molecular formula is C33H35N3O5. The van der Waals surface area contributed by atoms with Gasteiger partial charge in [0.05, 0.1) is 6.04 Å². The molecule has 0 heterocycles. The number of rotatable bonds is 10. The summed E-state index contributed by atoms with van der Waals surface area (Å²) in [7, 11) is 1.83. The second-order valence-electron chi connectivity index (χ2n) is 10.8. The summed E-state index contributed by atoms with van der Waals surface area (Å²) in [6.07, 6.45) is 3.99. The van der Waals surface area contributed by atoms with Gasteiger partial charge in [-0.1, -0.05) is 91.0 Å². The highest BCUT2D eigenvalue weighted by Crippen LogP contribution is 2.44. The molecule has 0 spiro atoms. The van der Waals surface area contributed by atoms with E-state index in [1.54, 1.807) is 0 Å². The lowest BCUT2D eigenvalue weighted by molar-refractivity contribution is -0.143. The fourth-order valence-corrected chi connectivity index (χ4v) is 5.75. The van der Waals surface area contributed by atoms with Crippen molar-refractivity contribution in [3.63, 3.8) is 0 Å². The number of carboxylic acids is 1. The normalized spacial score (nSPS) is 18.3. The number of likely N-dealkylation sites (N-methyl/N-ethyl adjacent to an activating group) is 1. The first-order valence-electron chi connectivity index (χ1n) is 13.9.